The van der Waals surface area contributed by atoms with Gasteiger partial charge in [0.2, 0.25) is 11.8 Å². The van der Waals surface area contributed by atoms with E-state index in [1.54, 1.807) is 4.57 Å². The van der Waals surface area contributed by atoms with E-state index in [0.29, 0.717) is 17.7 Å². The highest BCUT2D eigenvalue weighted by Crippen LogP contribution is 2.33. The third-order valence-corrected chi connectivity index (χ3v) is 2.90. The fourth-order valence-electron chi connectivity index (χ4n) is 1.59. The Kier molecular flexibility index (Phi) is 6.69. The predicted molar refractivity (Wildman–Crippen MR) is 80.5 cm³/mol. The molecule has 0 radical (unpaired) electrons. The molecule has 2 aromatic heterocycles. The lowest BCUT2D eigenvalue weighted by Crippen LogP contribution is -2.08. The van der Waals surface area contributed by atoms with E-state index in [1.807, 2.05) is 13.8 Å². The molecule has 124 valence electrons. The quantitative estimate of drug-likeness (QED) is 0.510. The van der Waals surface area contributed by atoms with Crippen LogP contribution in [-0.2, 0) is 15.8 Å². The van der Waals surface area contributed by atoms with E-state index in [2.05, 4.69) is 15.0 Å². The summed E-state index contributed by atoms with van der Waals surface area (Å²) in [5.41, 5.74) is 6.48. The highest BCUT2D eigenvalue weighted by Gasteiger charge is 2.14. The van der Waals surface area contributed by atoms with Gasteiger partial charge in [-0.05, 0) is 0 Å². The van der Waals surface area contributed by atoms with Gasteiger partial charge in [-0.25, -0.2) is 4.98 Å². The Morgan fingerprint density at radius 1 is 1.36 bits per heavy atom. The lowest BCUT2D eigenvalue weighted by Gasteiger charge is -2.07. The molecule has 0 aromatic carbocycles. The van der Waals surface area contributed by atoms with Crippen LogP contribution in [0.15, 0.2) is 6.33 Å². The molecule has 0 saturated carbocycles. The zero-order valence-electron chi connectivity index (χ0n) is 12.6. The zero-order valence-corrected chi connectivity index (χ0v) is 13.5. The maximum Gasteiger partial charge on any atom is 0.350 e. The number of rotatable bonds is 6. The van der Waals surface area contributed by atoms with Crippen LogP contribution in [0.5, 0.6) is 5.88 Å². The third-order valence-electron chi connectivity index (χ3n) is 2.38. The molecule has 10 nitrogen and oxygen atoms in total. The number of ether oxygens (including phenoxy) is 2. The summed E-state index contributed by atoms with van der Waals surface area (Å²) in [5.74, 6) is 0.314. The molecule has 0 saturated heterocycles. The molecule has 0 unspecified atom stereocenters. The van der Waals surface area contributed by atoms with Gasteiger partial charge in [0.25, 0.3) is 0 Å². The van der Waals surface area contributed by atoms with Gasteiger partial charge in [-0.1, -0.05) is 13.8 Å². The van der Waals surface area contributed by atoms with Crippen LogP contribution in [-0.4, -0.2) is 49.4 Å². The second-order valence-corrected chi connectivity index (χ2v) is 5.49. The van der Waals surface area contributed by atoms with Crippen molar-refractivity contribution >= 4 is 24.7 Å². The van der Waals surface area contributed by atoms with Crippen molar-refractivity contribution < 1.29 is 23.8 Å². The van der Waals surface area contributed by atoms with Gasteiger partial charge in [-0.2, -0.15) is 9.97 Å². The van der Waals surface area contributed by atoms with E-state index in [9.17, 15) is 4.57 Å². The van der Waals surface area contributed by atoms with Gasteiger partial charge < -0.3 is 29.6 Å². The summed E-state index contributed by atoms with van der Waals surface area (Å²) >= 11 is 0. The van der Waals surface area contributed by atoms with Crippen molar-refractivity contribution in [3.8, 4) is 5.88 Å². The Labute approximate surface area is 127 Å². The number of aromatic nitrogens is 4. The van der Waals surface area contributed by atoms with Gasteiger partial charge in [0.1, 0.15) is 6.35 Å². The first-order valence-electron chi connectivity index (χ1n) is 6.55. The molecule has 0 bridgehead atoms. The maximum absolute atomic E-state index is 10.6. The number of anilines is 1. The summed E-state index contributed by atoms with van der Waals surface area (Å²) in [6.45, 7) is 4.42. The lowest BCUT2D eigenvalue weighted by molar-refractivity contribution is 0.149. The van der Waals surface area contributed by atoms with Crippen molar-refractivity contribution in [2.24, 2.45) is 0 Å². The normalized spacial score (nSPS) is 11.1. The zero-order chi connectivity index (χ0) is 16.8. The van der Waals surface area contributed by atoms with Gasteiger partial charge in [0, 0.05) is 6.54 Å². The second-order valence-electron chi connectivity index (χ2n) is 3.90. The van der Waals surface area contributed by atoms with Crippen LogP contribution in [0.2, 0.25) is 0 Å². The smallest absolute Gasteiger partial charge is 0.350 e. The first kappa shape index (κ1) is 18.3. The van der Waals surface area contributed by atoms with Crippen molar-refractivity contribution in [3.05, 3.63) is 6.33 Å². The molecule has 0 atom stereocenters. The monoisotopic (exact) mass is 333 g/mol. The maximum atomic E-state index is 10.6. The Balaban J connectivity index is 0.00000116. The minimum atomic E-state index is -4.15. The number of nitrogen functional groups attached to an aromatic ring is 1. The number of hydrogen-bond acceptors (Lipinski definition) is 7. The Hall–Kier alpha value is -1.74. The largest absolute Gasteiger partial charge is 0.479 e. The Morgan fingerprint density at radius 3 is 2.64 bits per heavy atom. The first-order chi connectivity index (χ1) is 10.4. The third kappa shape index (κ3) is 4.92. The summed E-state index contributed by atoms with van der Waals surface area (Å²) in [6.07, 6.45) is 0.877. The lowest BCUT2D eigenvalue weighted by atomic mass is 10.5. The molecule has 0 amide bonds. The number of methoxy groups -OCH3 is 1. The Bertz CT molecular complexity index is 656. The van der Waals surface area contributed by atoms with Gasteiger partial charge in [-0.15, -0.1) is 0 Å². The minimum absolute atomic E-state index is 0.0484. The van der Waals surface area contributed by atoms with E-state index >= 15 is 0 Å². The average Bonchev–Trinajstić information content (AvgIpc) is 2.87. The number of nitrogens with two attached hydrogens (primary N) is 1. The minimum Gasteiger partial charge on any atom is -0.479 e. The van der Waals surface area contributed by atoms with Crippen LogP contribution in [0.4, 0.5) is 5.95 Å². The molecule has 0 aliphatic carbocycles. The van der Waals surface area contributed by atoms with Crippen molar-refractivity contribution in [2.45, 2.75) is 20.4 Å². The fourth-order valence-corrected chi connectivity index (χ4v) is 1.95. The van der Waals surface area contributed by atoms with E-state index in [1.165, 1.54) is 13.4 Å². The van der Waals surface area contributed by atoms with E-state index < -0.39 is 13.9 Å². The molecule has 0 spiro atoms. The van der Waals surface area contributed by atoms with Crippen molar-refractivity contribution in [1.29, 1.82) is 0 Å². The molecular weight excluding hydrogens is 313 g/mol. The van der Waals surface area contributed by atoms with Crippen molar-refractivity contribution in [1.82, 2.24) is 19.5 Å². The van der Waals surface area contributed by atoms with E-state index in [-0.39, 0.29) is 18.4 Å². The standard InChI is InChI=1S/C9H14N5O5P.C2H6/c1-18-8-6-7(12-9(10)13-8)14(4-11-6)2-3-19-5-20(15,16)17;1-2/h4H,2-3,5H2,1H3,(H2,10,12,13)(H2,15,16,17);1-2H3. The van der Waals surface area contributed by atoms with Crippen molar-refractivity contribution in [3.63, 3.8) is 0 Å². The molecule has 0 aliphatic heterocycles. The molecule has 11 heteroatoms. The highest BCUT2D eigenvalue weighted by molar-refractivity contribution is 7.51. The predicted octanol–water partition coefficient (Wildman–Crippen LogP) is 0.595. The van der Waals surface area contributed by atoms with Crippen LogP contribution in [0.1, 0.15) is 13.8 Å². The summed E-state index contributed by atoms with van der Waals surface area (Å²) in [6, 6.07) is 0. The average molecular weight is 333 g/mol. The molecular formula is C11H20N5O5P. The molecule has 4 N–H and O–H groups in total. The van der Waals surface area contributed by atoms with Crippen LogP contribution in [0.3, 0.4) is 0 Å². The highest BCUT2D eigenvalue weighted by atomic mass is 31.2. The first-order valence-corrected chi connectivity index (χ1v) is 8.35. The number of imidazole rings is 1. The van der Waals surface area contributed by atoms with Gasteiger partial charge >= 0.3 is 7.60 Å². The van der Waals surface area contributed by atoms with Gasteiger partial charge in [0.15, 0.2) is 11.2 Å². The molecule has 2 rings (SSSR count). The van der Waals surface area contributed by atoms with Crippen molar-refractivity contribution in [2.75, 3.05) is 25.8 Å². The SMILES string of the molecule is CC.COc1nc(N)nc2c1ncn2CCOCP(=O)(O)O. The molecule has 0 fully saturated rings. The summed E-state index contributed by atoms with van der Waals surface area (Å²) < 4.78 is 22.2. The second kappa shape index (κ2) is 8.04. The molecule has 0 aliphatic rings. The van der Waals surface area contributed by atoms with Crippen LogP contribution in [0.25, 0.3) is 11.2 Å². The summed E-state index contributed by atoms with van der Waals surface area (Å²) in [5, 5.41) is 0. The molecule has 2 heterocycles. The van der Waals surface area contributed by atoms with Crippen LogP contribution < -0.4 is 10.5 Å². The van der Waals surface area contributed by atoms with Gasteiger partial charge in [0.05, 0.1) is 20.0 Å². The summed E-state index contributed by atoms with van der Waals surface area (Å²) in [4.78, 5) is 29.4. The van der Waals surface area contributed by atoms with E-state index in [0.717, 1.165) is 0 Å². The fraction of sp³-hybridized carbons (Fsp3) is 0.545. The topological polar surface area (TPSA) is 146 Å². The Morgan fingerprint density at radius 2 is 2.05 bits per heavy atom. The molecule has 22 heavy (non-hydrogen) atoms. The number of hydrogen-bond donors (Lipinski definition) is 3. The van der Waals surface area contributed by atoms with Gasteiger partial charge in [-0.3, -0.25) is 4.57 Å². The van der Waals surface area contributed by atoms with Crippen LogP contribution >= 0.6 is 7.60 Å². The van der Waals surface area contributed by atoms with Crippen LogP contribution in [0, 0.1) is 0 Å². The van der Waals surface area contributed by atoms with E-state index in [4.69, 9.17) is 25.0 Å². The summed E-state index contributed by atoms with van der Waals surface area (Å²) in [7, 11) is -2.71. The molecule has 2 aromatic rings. The number of fused-ring (bicyclic) bond motifs is 1. The number of nitrogens with zero attached hydrogens (tertiary/aromatic N) is 4.